The first-order valence-electron chi connectivity index (χ1n) is 5.97. The molecule has 1 heterocycles. The number of primary amides is 1. The van der Waals surface area contributed by atoms with Crippen molar-refractivity contribution < 1.29 is 9.53 Å². The lowest BCUT2D eigenvalue weighted by molar-refractivity contribution is -0.119. The van der Waals surface area contributed by atoms with E-state index in [-0.39, 0.29) is 17.9 Å². The average Bonchev–Trinajstić information content (AvgIpc) is 2.71. The van der Waals surface area contributed by atoms with Gasteiger partial charge in [0, 0.05) is 38.4 Å². The molecule has 1 amide bonds. The quantitative estimate of drug-likeness (QED) is 0.651. The predicted molar refractivity (Wildman–Crippen MR) is 68.9 cm³/mol. The van der Waals surface area contributed by atoms with Crippen LogP contribution in [0.25, 0.3) is 0 Å². The molecule has 0 bridgehead atoms. The zero-order valence-corrected chi connectivity index (χ0v) is 11.3. The van der Waals surface area contributed by atoms with Gasteiger partial charge in [0.2, 0.25) is 5.91 Å². The second-order valence-corrected chi connectivity index (χ2v) is 4.88. The van der Waals surface area contributed by atoms with Crippen molar-refractivity contribution in [2.75, 3.05) is 20.3 Å². The maximum absolute atomic E-state index is 11.1. The van der Waals surface area contributed by atoms with Gasteiger partial charge in [0.1, 0.15) is 0 Å². The van der Waals surface area contributed by atoms with Crippen molar-refractivity contribution >= 4 is 5.91 Å². The lowest BCUT2D eigenvalue weighted by atomic mass is 9.99. The third-order valence-electron chi connectivity index (χ3n) is 2.76. The van der Waals surface area contributed by atoms with Crippen LogP contribution < -0.4 is 11.1 Å². The minimum Gasteiger partial charge on any atom is -0.383 e. The van der Waals surface area contributed by atoms with Crippen LogP contribution in [0.15, 0.2) is 12.5 Å². The zero-order chi connectivity index (χ0) is 13.6. The molecule has 0 aromatic carbocycles. The van der Waals surface area contributed by atoms with E-state index < -0.39 is 0 Å². The largest absolute Gasteiger partial charge is 0.383 e. The third-order valence-corrected chi connectivity index (χ3v) is 2.76. The molecule has 1 aromatic heterocycles. The fourth-order valence-electron chi connectivity index (χ4n) is 1.90. The average molecular weight is 254 g/mol. The minimum absolute atomic E-state index is 0.286. The molecule has 6 nitrogen and oxygen atoms in total. The topological polar surface area (TPSA) is 82.2 Å². The van der Waals surface area contributed by atoms with Crippen molar-refractivity contribution in [3.05, 3.63) is 18.2 Å². The summed E-state index contributed by atoms with van der Waals surface area (Å²) in [4.78, 5) is 15.2. The number of hydrogen-bond donors (Lipinski definition) is 2. The summed E-state index contributed by atoms with van der Waals surface area (Å²) in [6.07, 6.45) is 3.81. The smallest absolute Gasteiger partial charge is 0.219 e. The van der Waals surface area contributed by atoms with Crippen LogP contribution in [0.2, 0.25) is 0 Å². The summed E-state index contributed by atoms with van der Waals surface area (Å²) < 4.78 is 6.95. The van der Waals surface area contributed by atoms with Crippen molar-refractivity contribution in [2.24, 2.45) is 5.73 Å². The predicted octanol–water partition coefficient (Wildman–Crippen LogP) is 0.230. The molecule has 0 radical (unpaired) electrons. The van der Waals surface area contributed by atoms with Gasteiger partial charge in [0.15, 0.2) is 0 Å². The van der Waals surface area contributed by atoms with Crippen LogP contribution in [-0.2, 0) is 21.6 Å². The Hall–Kier alpha value is -1.40. The summed E-state index contributed by atoms with van der Waals surface area (Å²) in [6, 6.07) is 0. The van der Waals surface area contributed by atoms with Crippen molar-refractivity contribution in [1.82, 2.24) is 14.9 Å². The summed E-state index contributed by atoms with van der Waals surface area (Å²) in [5.74, 6) is -0.313. The Bertz CT molecular complexity index is 387. The van der Waals surface area contributed by atoms with Crippen LogP contribution in [0, 0.1) is 0 Å². The first-order valence-corrected chi connectivity index (χ1v) is 5.97. The van der Waals surface area contributed by atoms with E-state index in [0.29, 0.717) is 13.2 Å². The summed E-state index contributed by atoms with van der Waals surface area (Å²) in [5, 5.41) is 3.25. The second kappa shape index (κ2) is 6.51. The standard InChI is InChI=1S/C12H22N4O2/c1-12(2,6-11(13)17)16-9-15-8-10(16)7-14-4-5-18-3/h8-9,14H,4-7H2,1-3H3,(H2,13,17). The fraction of sp³-hybridized carbons (Fsp3) is 0.667. The number of carbonyl (C=O) groups is 1. The van der Waals surface area contributed by atoms with Gasteiger partial charge in [-0.05, 0) is 13.8 Å². The number of nitrogens with two attached hydrogens (primary N) is 1. The van der Waals surface area contributed by atoms with Crippen molar-refractivity contribution in [2.45, 2.75) is 32.4 Å². The van der Waals surface area contributed by atoms with Gasteiger partial charge in [-0.1, -0.05) is 0 Å². The number of carbonyl (C=O) groups excluding carboxylic acids is 1. The van der Waals surface area contributed by atoms with Crippen LogP contribution in [0.3, 0.4) is 0 Å². The minimum atomic E-state index is -0.361. The van der Waals surface area contributed by atoms with E-state index in [1.165, 1.54) is 0 Å². The highest BCUT2D eigenvalue weighted by atomic mass is 16.5. The third kappa shape index (κ3) is 4.12. The Labute approximate surface area is 108 Å². The summed E-state index contributed by atoms with van der Waals surface area (Å²) in [7, 11) is 1.67. The first-order chi connectivity index (χ1) is 8.47. The lowest BCUT2D eigenvalue weighted by Gasteiger charge is -2.27. The van der Waals surface area contributed by atoms with Gasteiger partial charge in [-0.15, -0.1) is 0 Å². The number of nitrogens with zero attached hydrogens (tertiary/aromatic N) is 2. The number of nitrogens with one attached hydrogen (secondary N) is 1. The van der Waals surface area contributed by atoms with E-state index >= 15 is 0 Å². The summed E-state index contributed by atoms with van der Waals surface area (Å²) >= 11 is 0. The molecule has 3 N–H and O–H groups in total. The molecule has 6 heteroatoms. The van der Waals surface area contributed by atoms with Crippen molar-refractivity contribution in [3.63, 3.8) is 0 Å². The number of ether oxygens (including phenoxy) is 1. The van der Waals surface area contributed by atoms with Crippen molar-refractivity contribution in [1.29, 1.82) is 0 Å². The van der Waals surface area contributed by atoms with E-state index in [9.17, 15) is 4.79 Å². The molecule has 0 atom stereocenters. The number of imidazole rings is 1. The van der Waals surface area contributed by atoms with Gasteiger partial charge in [-0.3, -0.25) is 4.79 Å². The molecule has 0 saturated carbocycles. The van der Waals surface area contributed by atoms with Gasteiger partial charge < -0.3 is 20.4 Å². The molecular formula is C12H22N4O2. The van der Waals surface area contributed by atoms with Gasteiger partial charge in [0.25, 0.3) is 0 Å². The van der Waals surface area contributed by atoms with E-state index in [2.05, 4.69) is 10.3 Å². The van der Waals surface area contributed by atoms with Gasteiger partial charge in [0.05, 0.1) is 18.6 Å². The highest BCUT2D eigenvalue weighted by Gasteiger charge is 2.24. The van der Waals surface area contributed by atoms with Crippen LogP contribution >= 0.6 is 0 Å². The van der Waals surface area contributed by atoms with Crippen LogP contribution in [-0.4, -0.2) is 35.7 Å². The molecule has 1 rings (SSSR count). The van der Waals surface area contributed by atoms with Gasteiger partial charge in [-0.2, -0.15) is 0 Å². The van der Waals surface area contributed by atoms with E-state index in [1.807, 2.05) is 18.4 Å². The monoisotopic (exact) mass is 254 g/mol. The Balaban J connectivity index is 2.66. The number of aromatic nitrogens is 2. The molecule has 0 aliphatic rings. The number of amides is 1. The molecule has 102 valence electrons. The highest BCUT2D eigenvalue weighted by molar-refractivity contribution is 5.74. The summed E-state index contributed by atoms with van der Waals surface area (Å²) in [6.45, 7) is 6.07. The van der Waals surface area contributed by atoms with Crippen LogP contribution in [0.1, 0.15) is 26.0 Å². The molecule has 0 aliphatic heterocycles. The fourth-order valence-corrected chi connectivity index (χ4v) is 1.90. The van der Waals surface area contributed by atoms with E-state index in [4.69, 9.17) is 10.5 Å². The molecule has 0 unspecified atom stereocenters. The highest BCUT2D eigenvalue weighted by Crippen LogP contribution is 2.21. The van der Waals surface area contributed by atoms with E-state index in [0.717, 1.165) is 12.2 Å². The van der Waals surface area contributed by atoms with Crippen LogP contribution in [0.5, 0.6) is 0 Å². The van der Waals surface area contributed by atoms with Gasteiger partial charge >= 0.3 is 0 Å². The molecule has 0 fully saturated rings. The lowest BCUT2D eigenvalue weighted by Crippen LogP contribution is -2.34. The zero-order valence-electron chi connectivity index (χ0n) is 11.3. The maximum Gasteiger partial charge on any atom is 0.219 e. The Morgan fingerprint density at radius 2 is 2.33 bits per heavy atom. The first kappa shape index (κ1) is 14.7. The number of rotatable bonds is 8. The molecule has 0 aliphatic carbocycles. The Morgan fingerprint density at radius 1 is 1.61 bits per heavy atom. The Kier molecular flexibility index (Phi) is 5.30. The van der Waals surface area contributed by atoms with Gasteiger partial charge in [-0.25, -0.2) is 4.98 Å². The summed E-state index contributed by atoms with van der Waals surface area (Å²) in [5.41, 5.74) is 5.93. The maximum atomic E-state index is 11.1. The SMILES string of the molecule is COCCNCc1cncn1C(C)(C)CC(N)=O. The molecule has 0 saturated heterocycles. The van der Waals surface area contributed by atoms with Crippen LogP contribution in [0.4, 0.5) is 0 Å². The number of hydrogen-bond acceptors (Lipinski definition) is 4. The van der Waals surface area contributed by atoms with E-state index in [1.54, 1.807) is 19.6 Å². The molecule has 18 heavy (non-hydrogen) atoms. The molecule has 0 spiro atoms. The Morgan fingerprint density at radius 3 is 2.94 bits per heavy atom. The normalized spacial score (nSPS) is 11.7. The second-order valence-electron chi connectivity index (χ2n) is 4.88. The molecular weight excluding hydrogens is 232 g/mol. The number of methoxy groups -OCH3 is 1. The van der Waals surface area contributed by atoms with Crippen molar-refractivity contribution in [3.8, 4) is 0 Å². The molecule has 1 aromatic rings.